The maximum absolute atomic E-state index is 6.10. The first kappa shape index (κ1) is 14.9. The van der Waals surface area contributed by atoms with Gasteiger partial charge in [0, 0.05) is 10.9 Å². The number of nitrogens with one attached hydrogen (secondary N) is 1. The van der Waals surface area contributed by atoms with E-state index in [1.54, 1.807) is 7.11 Å². The van der Waals surface area contributed by atoms with E-state index in [-0.39, 0.29) is 0 Å². The summed E-state index contributed by atoms with van der Waals surface area (Å²) in [6, 6.07) is 4.32. The first-order valence-electron chi connectivity index (χ1n) is 7.45. The summed E-state index contributed by atoms with van der Waals surface area (Å²) in [6.07, 6.45) is 0.998. The van der Waals surface area contributed by atoms with Crippen LogP contribution >= 0.6 is 0 Å². The van der Waals surface area contributed by atoms with E-state index in [0.29, 0.717) is 5.92 Å². The Labute approximate surface area is 121 Å². The maximum Gasteiger partial charge on any atom is 0.176 e. The molecule has 0 radical (unpaired) electrons. The van der Waals surface area contributed by atoms with Gasteiger partial charge in [-0.2, -0.15) is 0 Å². The van der Waals surface area contributed by atoms with Crippen LogP contribution in [0.4, 0.5) is 0 Å². The van der Waals surface area contributed by atoms with Crippen LogP contribution in [0.5, 0.6) is 5.75 Å². The summed E-state index contributed by atoms with van der Waals surface area (Å²) in [6.45, 7) is 10.4. The summed E-state index contributed by atoms with van der Waals surface area (Å²) in [5.74, 6) is 2.30. The predicted molar refractivity (Wildman–Crippen MR) is 83.6 cm³/mol. The molecular formula is C17H25NO2. The van der Waals surface area contributed by atoms with E-state index in [4.69, 9.17) is 9.15 Å². The van der Waals surface area contributed by atoms with Gasteiger partial charge in [0.05, 0.1) is 13.7 Å². The summed E-state index contributed by atoms with van der Waals surface area (Å²) in [7, 11) is 1.70. The molecule has 0 amide bonds. The van der Waals surface area contributed by atoms with Crippen molar-refractivity contribution in [2.24, 2.45) is 0 Å². The van der Waals surface area contributed by atoms with Gasteiger partial charge in [-0.1, -0.05) is 27.7 Å². The number of benzene rings is 1. The van der Waals surface area contributed by atoms with E-state index >= 15 is 0 Å². The lowest BCUT2D eigenvalue weighted by molar-refractivity contribution is 0.405. The normalized spacial score (nSPS) is 11.5. The zero-order valence-corrected chi connectivity index (χ0v) is 13.2. The van der Waals surface area contributed by atoms with Crippen molar-refractivity contribution >= 4 is 11.0 Å². The number of hydrogen-bond donors (Lipinski definition) is 1. The van der Waals surface area contributed by atoms with Crippen molar-refractivity contribution in [1.29, 1.82) is 0 Å². The van der Waals surface area contributed by atoms with Crippen LogP contribution < -0.4 is 10.1 Å². The molecule has 0 atom stereocenters. The van der Waals surface area contributed by atoms with Crippen molar-refractivity contribution in [3.63, 3.8) is 0 Å². The van der Waals surface area contributed by atoms with E-state index in [9.17, 15) is 0 Å². The van der Waals surface area contributed by atoms with Crippen LogP contribution in [0, 0.1) is 0 Å². The summed E-state index contributed by atoms with van der Waals surface area (Å²) >= 11 is 0. The van der Waals surface area contributed by atoms with Gasteiger partial charge in [-0.15, -0.1) is 0 Å². The summed E-state index contributed by atoms with van der Waals surface area (Å²) in [5.41, 5.74) is 3.46. The van der Waals surface area contributed by atoms with Gasteiger partial charge in [0.2, 0.25) is 0 Å². The van der Waals surface area contributed by atoms with Crippen LogP contribution in [0.1, 0.15) is 50.5 Å². The average Bonchev–Trinajstić information content (AvgIpc) is 2.82. The van der Waals surface area contributed by atoms with Crippen molar-refractivity contribution in [1.82, 2.24) is 5.32 Å². The number of aryl methyl sites for hydroxylation is 1. The molecule has 1 N–H and O–H groups in total. The second kappa shape index (κ2) is 6.31. The topological polar surface area (TPSA) is 34.4 Å². The molecule has 2 aromatic rings. The highest BCUT2D eigenvalue weighted by atomic mass is 16.5. The summed E-state index contributed by atoms with van der Waals surface area (Å²) in [4.78, 5) is 0. The Bertz CT molecular complexity index is 584. The lowest BCUT2D eigenvalue weighted by Crippen LogP contribution is -2.12. The molecule has 1 aromatic heterocycles. The van der Waals surface area contributed by atoms with Gasteiger partial charge in [0.25, 0.3) is 0 Å². The minimum absolute atomic E-state index is 0.432. The molecule has 0 fully saturated rings. The molecule has 0 bridgehead atoms. The number of methoxy groups -OCH3 is 1. The molecule has 0 aliphatic carbocycles. The molecule has 0 aliphatic rings. The Morgan fingerprint density at radius 3 is 2.55 bits per heavy atom. The molecule has 0 saturated heterocycles. The third-order valence-corrected chi connectivity index (χ3v) is 3.67. The van der Waals surface area contributed by atoms with Crippen LogP contribution in [0.15, 0.2) is 16.5 Å². The fourth-order valence-electron chi connectivity index (χ4n) is 2.65. The van der Waals surface area contributed by atoms with Crippen molar-refractivity contribution < 1.29 is 9.15 Å². The fourth-order valence-corrected chi connectivity index (χ4v) is 2.65. The largest absolute Gasteiger partial charge is 0.493 e. The molecule has 0 spiro atoms. The molecule has 3 heteroatoms. The zero-order chi connectivity index (χ0) is 14.7. The molecule has 2 rings (SSSR count). The zero-order valence-electron chi connectivity index (χ0n) is 13.2. The molecule has 0 unspecified atom stereocenters. The standard InChI is InChI=1S/C17H25NO2/c1-6-12-8-13-16(11(3)4)15(10-18-7-2)20-17(13)14(9-12)19-5/h8-9,11,18H,6-7,10H2,1-5H3. The molecule has 20 heavy (non-hydrogen) atoms. The van der Waals surface area contributed by atoms with E-state index in [1.165, 1.54) is 16.5 Å². The Balaban J connectivity index is 2.66. The Hall–Kier alpha value is -1.48. The van der Waals surface area contributed by atoms with Gasteiger partial charge in [0.1, 0.15) is 5.76 Å². The Morgan fingerprint density at radius 2 is 2.00 bits per heavy atom. The molecule has 1 aromatic carbocycles. The minimum atomic E-state index is 0.432. The van der Waals surface area contributed by atoms with Crippen LogP contribution in [-0.4, -0.2) is 13.7 Å². The van der Waals surface area contributed by atoms with E-state index in [2.05, 4.69) is 45.1 Å². The van der Waals surface area contributed by atoms with Crippen LogP contribution in [0.2, 0.25) is 0 Å². The van der Waals surface area contributed by atoms with Crippen molar-refractivity contribution in [3.05, 3.63) is 29.0 Å². The van der Waals surface area contributed by atoms with Crippen LogP contribution in [0.3, 0.4) is 0 Å². The van der Waals surface area contributed by atoms with Gasteiger partial charge >= 0.3 is 0 Å². The molecule has 1 heterocycles. The SMILES string of the molecule is CCNCc1oc2c(OC)cc(CC)cc2c1C(C)C. The number of furan rings is 1. The highest BCUT2D eigenvalue weighted by Gasteiger charge is 2.20. The Kier molecular flexibility index (Phi) is 4.71. The van der Waals surface area contributed by atoms with Crippen LogP contribution in [-0.2, 0) is 13.0 Å². The summed E-state index contributed by atoms with van der Waals surface area (Å²) < 4.78 is 11.6. The van der Waals surface area contributed by atoms with Gasteiger partial charge < -0.3 is 14.5 Å². The quantitative estimate of drug-likeness (QED) is 0.856. The van der Waals surface area contributed by atoms with Gasteiger partial charge in [-0.05, 0) is 36.6 Å². The maximum atomic E-state index is 6.10. The highest BCUT2D eigenvalue weighted by Crippen LogP contribution is 2.37. The summed E-state index contributed by atoms with van der Waals surface area (Å²) in [5, 5.41) is 4.55. The van der Waals surface area contributed by atoms with Crippen molar-refractivity contribution in [2.75, 3.05) is 13.7 Å². The molecule has 110 valence electrons. The third kappa shape index (κ3) is 2.68. The van der Waals surface area contributed by atoms with Crippen molar-refractivity contribution in [2.45, 2.75) is 46.6 Å². The average molecular weight is 275 g/mol. The number of fused-ring (bicyclic) bond motifs is 1. The lowest BCUT2D eigenvalue weighted by atomic mass is 9.97. The molecule has 0 saturated carbocycles. The Morgan fingerprint density at radius 1 is 1.25 bits per heavy atom. The fraction of sp³-hybridized carbons (Fsp3) is 0.529. The van der Waals surface area contributed by atoms with E-state index in [0.717, 1.165) is 36.6 Å². The lowest BCUT2D eigenvalue weighted by Gasteiger charge is -2.08. The number of hydrogen-bond acceptors (Lipinski definition) is 3. The van der Waals surface area contributed by atoms with Crippen molar-refractivity contribution in [3.8, 4) is 5.75 Å². The monoisotopic (exact) mass is 275 g/mol. The van der Waals surface area contributed by atoms with Crippen LogP contribution in [0.25, 0.3) is 11.0 Å². The number of rotatable bonds is 6. The third-order valence-electron chi connectivity index (χ3n) is 3.67. The first-order chi connectivity index (χ1) is 9.62. The highest BCUT2D eigenvalue weighted by molar-refractivity contribution is 5.88. The smallest absolute Gasteiger partial charge is 0.176 e. The second-order valence-electron chi connectivity index (χ2n) is 5.40. The second-order valence-corrected chi connectivity index (χ2v) is 5.40. The minimum Gasteiger partial charge on any atom is -0.493 e. The molecule has 0 aliphatic heterocycles. The van der Waals surface area contributed by atoms with Gasteiger partial charge in [-0.25, -0.2) is 0 Å². The van der Waals surface area contributed by atoms with Gasteiger partial charge in [0.15, 0.2) is 11.3 Å². The van der Waals surface area contributed by atoms with Gasteiger partial charge in [-0.3, -0.25) is 0 Å². The van der Waals surface area contributed by atoms with E-state index < -0.39 is 0 Å². The number of ether oxygens (including phenoxy) is 1. The van der Waals surface area contributed by atoms with E-state index in [1.807, 2.05) is 0 Å². The molecule has 3 nitrogen and oxygen atoms in total. The predicted octanol–water partition coefficient (Wildman–Crippen LogP) is 4.24. The molecular weight excluding hydrogens is 250 g/mol. The first-order valence-corrected chi connectivity index (χ1v) is 7.45.